The van der Waals surface area contributed by atoms with Crippen LogP contribution in [0.1, 0.15) is 12.8 Å². The van der Waals surface area contributed by atoms with Crippen molar-refractivity contribution in [3.05, 3.63) is 24.3 Å². The fraction of sp³-hybridized carbons (Fsp3) is 0.417. The maximum absolute atomic E-state index is 11.8. The molecule has 0 bridgehead atoms. The summed E-state index contributed by atoms with van der Waals surface area (Å²) in [5.74, 6) is -0.165. The van der Waals surface area contributed by atoms with Crippen molar-refractivity contribution in [2.45, 2.75) is 18.9 Å². The van der Waals surface area contributed by atoms with E-state index in [0.717, 1.165) is 19.1 Å². The zero-order valence-electron chi connectivity index (χ0n) is 10.5. The Bertz CT molecular complexity index is 548. The van der Waals surface area contributed by atoms with Gasteiger partial charge in [-0.3, -0.25) is 9.52 Å². The first-order valence-electron chi connectivity index (χ1n) is 5.94. The minimum absolute atomic E-state index is 0.165. The van der Waals surface area contributed by atoms with Gasteiger partial charge < -0.3 is 10.1 Å². The molecule has 1 heterocycles. The third-order valence-electron chi connectivity index (χ3n) is 2.68. The van der Waals surface area contributed by atoms with Gasteiger partial charge in [-0.05, 0) is 37.1 Å². The van der Waals surface area contributed by atoms with Gasteiger partial charge >= 0.3 is 0 Å². The zero-order valence-corrected chi connectivity index (χ0v) is 11.4. The number of hydrogen-bond donors (Lipinski definition) is 2. The van der Waals surface area contributed by atoms with Crippen LogP contribution in [0, 0.1) is 0 Å². The number of nitrogens with one attached hydrogen (secondary N) is 2. The van der Waals surface area contributed by atoms with Crippen LogP contribution in [0.4, 0.5) is 11.4 Å². The molecule has 1 unspecified atom stereocenters. The number of sulfonamides is 1. The molecule has 1 amide bonds. The van der Waals surface area contributed by atoms with E-state index in [2.05, 4.69) is 10.0 Å². The summed E-state index contributed by atoms with van der Waals surface area (Å²) in [6, 6.07) is 6.46. The lowest BCUT2D eigenvalue weighted by Gasteiger charge is -2.11. The molecule has 6 nitrogen and oxygen atoms in total. The van der Waals surface area contributed by atoms with Gasteiger partial charge in [0.2, 0.25) is 10.0 Å². The Kier molecular flexibility index (Phi) is 4.06. The molecule has 1 fully saturated rings. The largest absolute Gasteiger partial charge is 0.368 e. The Labute approximate surface area is 112 Å². The number of carbonyl (C=O) groups is 1. The summed E-state index contributed by atoms with van der Waals surface area (Å²) in [6.45, 7) is 0.620. The summed E-state index contributed by atoms with van der Waals surface area (Å²) in [6.07, 6.45) is 2.34. The second-order valence-corrected chi connectivity index (χ2v) is 6.19. The molecule has 1 aromatic carbocycles. The van der Waals surface area contributed by atoms with Crippen molar-refractivity contribution in [1.82, 2.24) is 0 Å². The van der Waals surface area contributed by atoms with E-state index in [1.165, 1.54) is 0 Å². The molecule has 0 spiro atoms. The SMILES string of the molecule is CS(=O)(=O)Nc1ccc(NC(=O)C2CCCO2)cc1. The Hall–Kier alpha value is -1.60. The maximum atomic E-state index is 11.8. The average Bonchev–Trinajstić information content (AvgIpc) is 2.83. The zero-order chi connectivity index (χ0) is 13.9. The van der Waals surface area contributed by atoms with E-state index in [0.29, 0.717) is 18.0 Å². The van der Waals surface area contributed by atoms with Gasteiger partial charge in [-0.1, -0.05) is 0 Å². The summed E-state index contributed by atoms with van der Waals surface area (Å²) in [7, 11) is -3.28. The predicted molar refractivity (Wildman–Crippen MR) is 72.5 cm³/mol. The molecule has 1 atom stereocenters. The summed E-state index contributed by atoms with van der Waals surface area (Å²) in [4.78, 5) is 11.8. The maximum Gasteiger partial charge on any atom is 0.253 e. The van der Waals surface area contributed by atoms with E-state index in [4.69, 9.17) is 4.74 Å². The van der Waals surface area contributed by atoms with Gasteiger partial charge in [-0.2, -0.15) is 0 Å². The molecule has 2 N–H and O–H groups in total. The first-order valence-corrected chi connectivity index (χ1v) is 7.83. The fourth-order valence-electron chi connectivity index (χ4n) is 1.84. The number of carbonyl (C=O) groups excluding carboxylic acids is 1. The van der Waals surface area contributed by atoms with Gasteiger partial charge in [-0.15, -0.1) is 0 Å². The number of benzene rings is 1. The third-order valence-corrected chi connectivity index (χ3v) is 3.28. The van der Waals surface area contributed by atoms with E-state index < -0.39 is 10.0 Å². The van der Waals surface area contributed by atoms with E-state index >= 15 is 0 Å². The van der Waals surface area contributed by atoms with Crippen LogP contribution in [-0.2, 0) is 19.6 Å². The van der Waals surface area contributed by atoms with Gasteiger partial charge in [0, 0.05) is 18.0 Å². The minimum Gasteiger partial charge on any atom is -0.368 e. The molecule has 7 heteroatoms. The summed E-state index contributed by atoms with van der Waals surface area (Å²) < 4.78 is 29.7. The van der Waals surface area contributed by atoms with Gasteiger partial charge in [0.05, 0.1) is 6.26 Å². The standard InChI is InChI=1S/C12H16N2O4S/c1-19(16,17)14-10-6-4-9(5-7-10)13-12(15)11-3-2-8-18-11/h4-7,11,14H,2-3,8H2,1H3,(H,13,15). The van der Waals surface area contributed by atoms with E-state index in [1.54, 1.807) is 24.3 Å². The van der Waals surface area contributed by atoms with Gasteiger partial charge in [0.1, 0.15) is 6.10 Å². The van der Waals surface area contributed by atoms with E-state index in [9.17, 15) is 13.2 Å². The van der Waals surface area contributed by atoms with Crippen molar-refractivity contribution >= 4 is 27.3 Å². The molecular weight excluding hydrogens is 268 g/mol. The van der Waals surface area contributed by atoms with Crippen LogP contribution in [0.3, 0.4) is 0 Å². The number of rotatable bonds is 4. The van der Waals surface area contributed by atoms with Crippen molar-refractivity contribution in [2.75, 3.05) is 22.9 Å². The monoisotopic (exact) mass is 284 g/mol. The lowest BCUT2D eigenvalue weighted by Crippen LogP contribution is -2.26. The van der Waals surface area contributed by atoms with Gasteiger partial charge in [0.15, 0.2) is 0 Å². The molecule has 0 aliphatic carbocycles. The lowest BCUT2D eigenvalue weighted by molar-refractivity contribution is -0.124. The van der Waals surface area contributed by atoms with Gasteiger partial charge in [0.25, 0.3) is 5.91 Å². The molecule has 0 radical (unpaired) electrons. The van der Waals surface area contributed by atoms with E-state index in [1.807, 2.05) is 0 Å². The molecule has 1 saturated heterocycles. The van der Waals surface area contributed by atoms with Crippen molar-refractivity contribution < 1.29 is 17.9 Å². The molecular formula is C12H16N2O4S. The summed E-state index contributed by atoms with van der Waals surface area (Å²) in [5.41, 5.74) is 1.07. The van der Waals surface area contributed by atoms with Crippen molar-refractivity contribution in [2.24, 2.45) is 0 Å². The van der Waals surface area contributed by atoms with Crippen molar-refractivity contribution in [1.29, 1.82) is 0 Å². The highest BCUT2D eigenvalue weighted by Gasteiger charge is 2.23. The molecule has 1 aromatic rings. The molecule has 1 aliphatic rings. The molecule has 0 aromatic heterocycles. The first kappa shape index (κ1) is 13.8. The number of ether oxygens (including phenoxy) is 1. The van der Waals surface area contributed by atoms with Crippen LogP contribution >= 0.6 is 0 Å². The molecule has 2 rings (SSSR count). The van der Waals surface area contributed by atoms with Crippen LogP contribution in [-0.4, -0.2) is 33.3 Å². The lowest BCUT2D eigenvalue weighted by atomic mass is 10.2. The van der Waals surface area contributed by atoms with Crippen LogP contribution in [0.15, 0.2) is 24.3 Å². The highest BCUT2D eigenvalue weighted by atomic mass is 32.2. The van der Waals surface area contributed by atoms with Crippen LogP contribution < -0.4 is 10.0 Å². The van der Waals surface area contributed by atoms with Crippen molar-refractivity contribution in [3.63, 3.8) is 0 Å². The molecule has 104 valence electrons. The van der Waals surface area contributed by atoms with Crippen molar-refractivity contribution in [3.8, 4) is 0 Å². The Morgan fingerprint density at radius 1 is 1.26 bits per heavy atom. The highest BCUT2D eigenvalue weighted by Crippen LogP contribution is 2.17. The fourth-order valence-corrected chi connectivity index (χ4v) is 2.41. The predicted octanol–water partition coefficient (Wildman–Crippen LogP) is 1.18. The van der Waals surface area contributed by atoms with E-state index in [-0.39, 0.29) is 12.0 Å². The normalized spacial score (nSPS) is 19.1. The first-order chi connectivity index (χ1) is 8.94. The Balaban J connectivity index is 1.96. The second-order valence-electron chi connectivity index (χ2n) is 4.44. The quantitative estimate of drug-likeness (QED) is 0.869. The summed E-state index contributed by atoms with van der Waals surface area (Å²) in [5, 5.41) is 2.73. The van der Waals surface area contributed by atoms with Crippen LogP contribution in [0.25, 0.3) is 0 Å². The Morgan fingerprint density at radius 3 is 2.42 bits per heavy atom. The number of hydrogen-bond acceptors (Lipinski definition) is 4. The molecule has 0 saturated carbocycles. The number of anilines is 2. The van der Waals surface area contributed by atoms with Gasteiger partial charge in [-0.25, -0.2) is 8.42 Å². The molecule has 19 heavy (non-hydrogen) atoms. The average molecular weight is 284 g/mol. The minimum atomic E-state index is -3.28. The van der Waals surface area contributed by atoms with Crippen LogP contribution in [0.2, 0.25) is 0 Å². The van der Waals surface area contributed by atoms with Crippen LogP contribution in [0.5, 0.6) is 0 Å². The molecule has 1 aliphatic heterocycles. The smallest absolute Gasteiger partial charge is 0.253 e. The Morgan fingerprint density at radius 2 is 1.89 bits per heavy atom. The topological polar surface area (TPSA) is 84.5 Å². The second kappa shape index (κ2) is 5.58. The number of amides is 1. The highest BCUT2D eigenvalue weighted by molar-refractivity contribution is 7.92. The summed E-state index contributed by atoms with van der Waals surface area (Å²) >= 11 is 0. The third kappa shape index (κ3) is 4.22.